The van der Waals surface area contributed by atoms with E-state index in [1.54, 1.807) is 0 Å². The molecular formula is C26H37F3N4O2. The number of nitrogens with zero attached hydrogens (tertiary/aromatic N) is 4. The van der Waals surface area contributed by atoms with Crippen LogP contribution in [0.15, 0.2) is 6.07 Å². The Hall–Kier alpha value is -2.32. The minimum Gasteiger partial charge on any atom is -0.481 e. The van der Waals surface area contributed by atoms with Crippen molar-refractivity contribution in [2.75, 3.05) is 18.0 Å². The second-order valence-electron chi connectivity index (χ2n) is 11.2. The maximum Gasteiger partial charge on any atom is 0.391 e. The molecule has 9 heteroatoms. The van der Waals surface area contributed by atoms with Gasteiger partial charge in [0.1, 0.15) is 5.82 Å². The number of anilines is 1. The van der Waals surface area contributed by atoms with Gasteiger partial charge >= 0.3 is 12.1 Å². The first-order valence-corrected chi connectivity index (χ1v) is 12.8. The molecule has 2 aromatic heterocycles. The molecule has 2 aliphatic rings. The summed E-state index contributed by atoms with van der Waals surface area (Å²) in [4.78, 5) is 19.4. The number of fused-ring (bicyclic) bond motifs is 1. The maximum atomic E-state index is 13.2. The second-order valence-corrected chi connectivity index (χ2v) is 11.2. The average Bonchev–Trinajstić information content (AvgIpc) is 3.20. The molecule has 2 fully saturated rings. The highest BCUT2D eigenvalue weighted by molar-refractivity contribution is 5.76. The number of aryl methyl sites for hydroxylation is 1. The fraction of sp³-hybridized carbons (Fsp3) is 0.731. The number of hydrogen-bond acceptors (Lipinski definition) is 4. The monoisotopic (exact) mass is 494 g/mol. The Balaban J connectivity index is 1.76. The zero-order chi connectivity index (χ0) is 25.7. The van der Waals surface area contributed by atoms with Gasteiger partial charge in [-0.15, -0.1) is 0 Å². The third kappa shape index (κ3) is 4.62. The molecule has 1 N–H and O–H groups in total. The zero-order valence-corrected chi connectivity index (χ0v) is 21.3. The van der Waals surface area contributed by atoms with Crippen LogP contribution in [0.1, 0.15) is 95.0 Å². The molecule has 194 valence electrons. The molecule has 1 aliphatic carbocycles. The Morgan fingerprint density at radius 1 is 1.17 bits per heavy atom. The van der Waals surface area contributed by atoms with Crippen molar-refractivity contribution >= 4 is 17.4 Å². The van der Waals surface area contributed by atoms with E-state index in [9.17, 15) is 23.1 Å². The summed E-state index contributed by atoms with van der Waals surface area (Å²) in [6.45, 7) is 11.2. The summed E-state index contributed by atoms with van der Waals surface area (Å²) in [5.41, 5.74) is 2.53. The van der Waals surface area contributed by atoms with Gasteiger partial charge in [0.05, 0.1) is 17.0 Å². The van der Waals surface area contributed by atoms with Gasteiger partial charge in [-0.3, -0.25) is 4.79 Å². The highest BCUT2D eigenvalue weighted by atomic mass is 19.4. The second kappa shape index (κ2) is 9.28. The van der Waals surface area contributed by atoms with Gasteiger partial charge in [0.2, 0.25) is 0 Å². The van der Waals surface area contributed by atoms with E-state index in [1.807, 2.05) is 31.4 Å². The normalized spacial score (nSPS) is 26.2. The fourth-order valence-corrected chi connectivity index (χ4v) is 6.19. The standard InChI is InChI=1S/C26H37F3N4O2/c1-15(2)22-17(5)30-21-13-20(18-7-9-19(10-8-18)26(27,28)29)31-33(21)23(22)32-12-6-11-25(14-32,16(3)4)24(34)35/h13,15-16,18-19H,6-12,14H2,1-5H3,(H,34,35)/t18-,19-,25-/m1/s1. The maximum absolute atomic E-state index is 13.2. The molecule has 2 aromatic rings. The predicted molar refractivity (Wildman–Crippen MR) is 129 cm³/mol. The van der Waals surface area contributed by atoms with E-state index < -0.39 is 23.5 Å². The number of piperidine rings is 1. The molecule has 1 saturated carbocycles. The molecule has 1 aliphatic heterocycles. The highest BCUT2D eigenvalue weighted by Gasteiger charge is 2.46. The number of carboxylic acid groups (broad SMARTS) is 1. The minimum atomic E-state index is -4.14. The summed E-state index contributed by atoms with van der Waals surface area (Å²) in [6, 6.07) is 1.91. The molecule has 3 heterocycles. The van der Waals surface area contributed by atoms with Crippen LogP contribution in [-0.2, 0) is 4.79 Å². The van der Waals surface area contributed by atoms with Crippen molar-refractivity contribution < 1.29 is 23.1 Å². The van der Waals surface area contributed by atoms with Crippen LogP contribution >= 0.6 is 0 Å². The summed E-state index contributed by atoms with van der Waals surface area (Å²) in [5.74, 6) is -1.02. The number of halogens is 3. The van der Waals surface area contributed by atoms with Crippen molar-refractivity contribution in [1.29, 1.82) is 0 Å². The molecule has 1 saturated heterocycles. The smallest absolute Gasteiger partial charge is 0.391 e. The first kappa shape index (κ1) is 25.8. The van der Waals surface area contributed by atoms with Gasteiger partial charge in [0.15, 0.2) is 5.65 Å². The molecule has 0 bridgehead atoms. The number of hydrogen-bond donors (Lipinski definition) is 1. The largest absolute Gasteiger partial charge is 0.481 e. The van der Waals surface area contributed by atoms with E-state index in [0.717, 1.165) is 35.7 Å². The summed E-state index contributed by atoms with van der Waals surface area (Å²) in [5, 5.41) is 15.1. The molecule has 1 atom stereocenters. The summed E-state index contributed by atoms with van der Waals surface area (Å²) < 4.78 is 41.3. The molecule has 0 radical (unpaired) electrons. The SMILES string of the molecule is Cc1nc2cc([C@H]3CC[C@H](C(F)(F)F)CC3)nn2c(N2CCC[C@](C(=O)O)(C(C)C)C2)c1C(C)C. The van der Waals surface area contributed by atoms with Crippen LogP contribution in [0.5, 0.6) is 0 Å². The van der Waals surface area contributed by atoms with Crippen LogP contribution in [0.25, 0.3) is 5.65 Å². The van der Waals surface area contributed by atoms with Crippen molar-refractivity contribution in [3.63, 3.8) is 0 Å². The highest BCUT2D eigenvalue weighted by Crippen LogP contribution is 2.44. The zero-order valence-electron chi connectivity index (χ0n) is 21.3. The van der Waals surface area contributed by atoms with E-state index in [2.05, 4.69) is 18.7 Å². The Morgan fingerprint density at radius 2 is 1.83 bits per heavy atom. The lowest BCUT2D eigenvalue weighted by Gasteiger charge is -2.44. The molecule has 0 unspecified atom stereocenters. The van der Waals surface area contributed by atoms with Crippen LogP contribution in [0, 0.1) is 24.2 Å². The van der Waals surface area contributed by atoms with Crippen molar-refractivity contribution in [1.82, 2.24) is 14.6 Å². The van der Waals surface area contributed by atoms with Crippen molar-refractivity contribution in [2.45, 2.75) is 91.2 Å². The van der Waals surface area contributed by atoms with Gasteiger partial charge in [0, 0.05) is 36.3 Å². The molecule has 0 amide bonds. The van der Waals surface area contributed by atoms with Crippen molar-refractivity contribution in [2.24, 2.45) is 17.3 Å². The van der Waals surface area contributed by atoms with Crippen LogP contribution in [0.2, 0.25) is 0 Å². The lowest BCUT2D eigenvalue weighted by atomic mass is 9.71. The first-order valence-electron chi connectivity index (χ1n) is 12.8. The van der Waals surface area contributed by atoms with Gasteiger partial charge in [-0.2, -0.15) is 22.8 Å². The molecular weight excluding hydrogens is 457 g/mol. The van der Waals surface area contributed by atoms with Crippen LogP contribution in [0.3, 0.4) is 0 Å². The predicted octanol–water partition coefficient (Wildman–Crippen LogP) is 6.32. The Morgan fingerprint density at radius 3 is 2.37 bits per heavy atom. The van der Waals surface area contributed by atoms with Gasteiger partial charge in [-0.25, -0.2) is 4.98 Å². The summed E-state index contributed by atoms with van der Waals surface area (Å²) in [7, 11) is 0. The number of rotatable bonds is 5. The number of alkyl halides is 3. The van der Waals surface area contributed by atoms with Crippen LogP contribution < -0.4 is 4.90 Å². The summed E-state index contributed by atoms with van der Waals surface area (Å²) >= 11 is 0. The minimum absolute atomic E-state index is 0.0268. The quantitative estimate of drug-likeness (QED) is 0.526. The number of carboxylic acids is 1. The lowest BCUT2D eigenvalue weighted by molar-refractivity contribution is -0.182. The van der Waals surface area contributed by atoms with Crippen molar-refractivity contribution in [3.8, 4) is 0 Å². The molecule has 0 aromatic carbocycles. The van der Waals surface area contributed by atoms with Crippen molar-refractivity contribution in [3.05, 3.63) is 23.0 Å². The lowest BCUT2D eigenvalue weighted by Crippen LogP contribution is -2.51. The number of carbonyl (C=O) groups is 1. The molecule has 0 spiro atoms. The van der Waals surface area contributed by atoms with Crippen LogP contribution in [0.4, 0.5) is 19.0 Å². The Kier molecular flexibility index (Phi) is 6.83. The average molecular weight is 495 g/mol. The number of aromatic nitrogens is 3. The van der Waals surface area contributed by atoms with E-state index in [-0.39, 0.29) is 30.6 Å². The van der Waals surface area contributed by atoms with E-state index in [0.29, 0.717) is 31.5 Å². The van der Waals surface area contributed by atoms with E-state index in [4.69, 9.17) is 10.1 Å². The third-order valence-electron chi connectivity index (χ3n) is 8.36. The third-order valence-corrected chi connectivity index (χ3v) is 8.36. The number of aliphatic carboxylic acids is 1. The van der Waals surface area contributed by atoms with Crippen LogP contribution in [-0.4, -0.2) is 44.9 Å². The first-order chi connectivity index (χ1) is 16.3. The summed E-state index contributed by atoms with van der Waals surface area (Å²) in [6.07, 6.45) is -1.57. The fourth-order valence-electron chi connectivity index (χ4n) is 6.19. The van der Waals surface area contributed by atoms with E-state index in [1.165, 1.54) is 0 Å². The molecule has 6 nitrogen and oxygen atoms in total. The van der Waals surface area contributed by atoms with Gasteiger partial charge in [-0.1, -0.05) is 27.7 Å². The Labute approximate surface area is 204 Å². The topological polar surface area (TPSA) is 70.7 Å². The van der Waals surface area contributed by atoms with E-state index >= 15 is 0 Å². The molecule has 4 rings (SSSR count). The Bertz CT molecular complexity index is 1090. The van der Waals surface area contributed by atoms with Gasteiger partial charge in [0.25, 0.3) is 0 Å². The van der Waals surface area contributed by atoms with Gasteiger partial charge in [-0.05, 0) is 57.3 Å². The molecule has 35 heavy (non-hydrogen) atoms. The van der Waals surface area contributed by atoms with Gasteiger partial charge < -0.3 is 10.0 Å².